The Labute approximate surface area is 179 Å². The number of hydrogen-bond donors (Lipinski definition) is 1. The number of nitrogens with one attached hydrogen (secondary N) is 1. The minimum absolute atomic E-state index is 0. The average Bonchev–Trinajstić information content (AvgIpc) is 3.11. The summed E-state index contributed by atoms with van der Waals surface area (Å²) in [5.41, 5.74) is 0. The minimum atomic E-state index is -0.0991. The molecule has 154 valence electrons. The number of carbonyl (C=O) groups is 1. The number of methoxy groups -OCH3 is 1. The molecule has 0 radical (unpaired) electrons. The molecule has 0 spiro atoms. The molecule has 0 aromatic carbocycles. The van der Waals surface area contributed by atoms with Crippen molar-refractivity contribution < 1.29 is 9.53 Å². The third kappa shape index (κ3) is 7.27. The van der Waals surface area contributed by atoms with Crippen LogP contribution >= 0.6 is 24.0 Å². The molecule has 9 heteroatoms. The van der Waals surface area contributed by atoms with Crippen molar-refractivity contribution in [2.75, 3.05) is 33.3 Å². The molecule has 1 saturated heterocycles. The van der Waals surface area contributed by atoms with Gasteiger partial charge < -0.3 is 19.5 Å². The van der Waals surface area contributed by atoms with Crippen molar-refractivity contribution in [1.82, 2.24) is 25.0 Å². The highest BCUT2D eigenvalue weighted by Crippen LogP contribution is 2.18. The van der Waals surface area contributed by atoms with Gasteiger partial charge in [0.15, 0.2) is 5.96 Å². The highest BCUT2D eigenvalue weighted by Gasteiger charge is 2.27. The zero-order chi connectivity index (χ0) is 18.9. The Balaban J connectivity index is 0.00000364. The van der Waals surface area contributed by atoms with E-state index in [0.29, 0.717) is 5.92 Å². The number of ether oxygens (including phenoxy) is 1. The molecule has 2 heterocycles. The molecule has 27 heavy (non-hydrogen) atoms. The Morgan fingerprint density at radius 2 is 2.11 bits per heavy atom. The summed E-state index contributed by atoms with van der Waals surface area (Å²) in [5.74, 6) is 2.33. The van der Waals surface area contributed by atoms with Gasteiger partial charge in [-0.3, -0.25) is 9.79 Å². The number of aliphatic imine (C=N–C) groups is 1. The largest absolute Gasteiger partial charge is 0.469 e. The maximum Gasteiger partial charge on any atom is 0.308 e. The van der Waals surface area contributed by atoms with Crippen molar-refractivity contribution in [1.29, 1.82) is 0 Å². The van der Waals surface area contributed by atoms with Gasteiger partial charge in [0, 0.05) is 39.1 Å². The van der Waals surface area contributed by atoms with Crippen LogP contribution in [0.2, 0.25) is 0 Å². The Kier molecular flexibility index (Phi) is 10.6. The number of carbonyl (C=O) groups excluding carboxylic acids is 1. The van der Waals surface area contributed by atoms with Gasteiger partial charge in [0.1, 0.15) is 12.2 Å². The van der Waals surface area contributed by atoms with Gasteiger partial charge in [-0.1, -0.05) is 20.8 Å². The first-order chi connectivity index (χ1) is 12.5. The average molecular weight is 492 g/mol. The summed E-state index contributed by atoms with van der Waals surface area (Å²) in [6.07, 6.45) is 4.25. The van der Waals surface area contributed by atoms with Crippen molar-refractivity contribution in [2.24, 2.45) is 16.8 Å². The third-order valence-electron chi connectivity index (χ3n) is 4.58. The van der Waals surface area contributed by atoms with Crippen molar-refractivity contribution >= 4 is 35.9 Å². The third-order valence-corrected chi connectivity index (χ3v) is 4.58. The predicted octanol–water partition coefficient (Wildman–Crippen LogP) is 1.95. The van der Waals surface area contributed by atoms with E-state index in [9.17, 15) is 4.79 Å². The number of nitrogens with zero attached hydrogens (tertiary/aromatic N) is 5. The minimum Gasteiger partial charge on any atom is -0.469 e. The van der Waals surface area contributed by atoms with Crippen LogP contribution in [-0.4, -0.2) is 64.9 Å². The molecule has 0 unspecified atom stereocenters. The van der Waals surface area contributed by atoms with E-state index in [4.69, 9.17) is 9.73 Å². The molecule has 8 nitrogen and oxygen atoms in total. The van der Waals surface area contributed by atoms with Crippen LogP contribution in [0.4, 0.5) is 0 Å². The van der Waals surface area contributed by atoms with E-state index in [1.807, 2.05) is 0 Å². The Hall–Kier alpha value is -1.39. The number of rotatable bonds is 7. The lowest BCUT2D eigenvalue weighted by Gasteiger charge is -2.33. The van der Waals surface area contributed by atoms with Crippen LogP contribution in [0.25, 0.3) is 0 Å². The monoisotopic (exact) mass is 492 g/mol. The highest BCUT2D eigenvalue weighted by molar-refractivity contribution is 14.0. The van der Waals surface area contributed by atoms with E-state index in [-0.39, 0.29) is 35.9 Å². The summed E-state index contributed by atoms with van der Waals surface area (Å²) in [7, 11) is 1.46. The smallest absolute Gasteiger partial charge is 0.308 e. The van der Waals surface area contributed by atoms with Gasteiger partial charge in [-0.05, 0) is 18.8 Å². The standard InChI is InChI=1S/C18H32N6O2.HI/c1-5-16-22-21-13-24(16)11-8-19-18(20-12-14(2)3)23-9-6-15(7-10-23)17(25)26-4;/h13-15H,5-12H2,1-4H3,(H,19,20);1H. The van der Waals surface area contributed by atoms with Gasteiger partial charge in [0.25, 0.3) is 0 Å². The van der Waals surface area contributed by atoms with Crippen molar-refractivity contribution in [3.8, 4) is 0 Å². The number of guanidine groups is 1. The second kappa shape index (κ2) is 12.1. The summed E-state index contributed by atoms with van der Waals surface area (Å²) in [6.45, 7) is 10.4. The molecule has 1 aliphatic heterocycles. The molecular formula is C18H33IN6O2. The summed E-state index contributed by atoms with van der Waals surface area (Å²) in [4.78, 5) is 18.7. The van der Waals surface area contributed by atoms with Crippen LogP contribution in [0, 0.1) is 11.8 Å². The molecule has 1 fully saturated rings. The van der Waals surface area contributed by atoms with Crippen LogP contribution in [0.15, 0.2) is 11.3 Å². The molecule has 0 atom stereocenters. The number of halogens is 1. The number of aryl methyl sites for hydroxylation is 1. The molecule has 0 saturated carbocycles. The van der Waals surface area contributed by atoms with Gasteiger partial charge in [0.05, 0.1) is 13.0 Å². The second-order valence-corrected chi connectivity index (χ2v) is 7.06. The zero-order valence-corrected chi connectivity index (χ0v) is 19.2. The van der Waals surface area contributed by atoms with Crippen LogP contribution in [0.3, 0.4) is 0 Å². The molecular weight excluding hydrogens is 459 g/mol. The summed E-state index contributed by atoms with van der Waals surface area (Å²) < 4.78 is 6.94. The fraction of sp³-hybridized carbons (Fsp3) is 0.778. The lowest BCUT2D eigenvalue weighted by atomic mass is 9.97. The van der Waals surface area contributed by atoms with Crippen LogP contribution in [-0.2, 0) is 22.5 Å². The van der Waals surface area contributed by atoms with E-state index >= 15 is 0 Å². The van der Waals surface area contributed by atoms with Gasteiger partial charge in [0.2, 0.25) is 0 Å². The normalized spacial score (nSPS) is 15.6. The summed E-state index contributed by atoms with van der Waals surface area (Å²) in [6, 6.07) is 0. The van der Waals surface area contributed by atoms with E-state index in [1.165, 1.54) is 7.11 Å². The second-order valence-electron chi connectivity index (χ2n) is 7.06. The maximum atomic E-state index is 11.7. The molecule has 1 N–H and O–H groups in total. The van der Waals surface area contributed by atoms with Crippen molar-refractivity contribution in [3.05, 3.63) is 12.2 Å². The first-order valence-corrected chi connectivity index (χ1v) is 9.52. The number of likely N-dealkylation sites (tertiary alicyclic amines) is 1. The quantitative estimate of drug-likeness (QED) is 0.271. The van der Waals surface area contributed by atoms with Crippen molar-refractivity contribution in [2.45, 2.75) is 46.6 Å². The molecule has 1 aliphatic rings. The molecule has 0 amide bonds. The summed E-state index contributed by atoms with van der Waals surface area (Å²) in [5, 5.41) is 11.6. The SMILES string of the molecule is CCc1nncn1CCNC(=NCC(C)C)N1CCC(C(=O)OC)CC1.I. The molecule has 0 aliphatic carbocycles. The zero-order valence-electron chi connectivity index (χ0n) is 16.8. The van der Waals surface area contributed by atoms with Crippen LogP contribution in [0.1, 0.15) is 39.4 Å². The molecule has 1 aromatic heterocycles. The first kappa shape index (κ1) is 23.6. The number of piperidine rings is 1. The fourth-order valence-electron chi connectivity index (χ4n) is 3.06. The number of esters is 1. The topological polar surface area (TPSA) is 84.6 Å². The van der Waals surface area contributed by atoms with Crippen LogP contribution < -0.4 is 5.32 Å². The van der Waals surface area contributed by atoms with E-state index in [2.05, 4.69) is 45.8 Å². The van der Waals surface area contributed by atoms with Crippen LogP contribution in [0.5, 0.6) is 0 Å². The highest BCUT2D eigenvalue weighted by atomic mass is 127. The van der Waals surface area contributed by atoms with E-state index < -0.39 is 0 Å². The first-order valence-electron chi connectivity index (χ1n) is 9.52. The molecule has 0 bridgehead atoms. The number of aromatic nitrogens is 3. The van der Waals surface area contributed by atoms with Crippen molar-refractivity contribution in [3.63, 3.8) is 0 Å². The van der Waals surface area contributed by atoms with Gasteiger partial charge in [-0.2, -0.15) is 0 Å². The van der Waals surface area contributed by atoms with E-state index in [0.717, 1.165) is 63.8 Å². The van der Waals surface area contributed by atoms with Gasteiger partial charge in [-0.25, -0.2) is 0 Å². The number of hydrogen-bond acceptors (Lipinski definition) is 5. The Bertz CT molecular complexity index is 596. The lowest BCUT2D eigenvalue weighted by Crippen LogP contribution is -2.47. The predicted molar refractivity (Wildman–Crippen MR) is 116 cm³/mol. The van der Waals surface area contributed by atoms with E-state index in [1.54, 1.807) is 6.33 Å². The summed E-state index contributed by atoms with van der Waals surface area (Å²) >= 11 is 0. The molecule has 2 rings (SSSR count). The maximum absolute atomic E-state index is 11.7. The Morgan fingerprint density at radius 3 is 2.70 bits per heavy atom. The molecule has 1 aromatic rings. The van der Waals surface area contributed by atoms with Gasteiger partial charge >= 0.3 is 5.97 Å². The lowest BCUT2D eigenvalue weighted by molar-refractivity contribution is -0.146. The Morgan fingerprint density at radius 1 is 1.41 bits per heavy atom. The fourth-order valence-corrected chi connectivity index (χ4v) is 3.06. The van der Waals surface area contributed by atoms with Gasteiger partial charge in [-0.15, -0.1) is 34.2 Å².